The smallest absolute Gasteiger partial charge is 0.410 e. The Balaban J connectivity index is 0.00000450. The van der Waals surface area contributed by atoms with E-state index in [0.29, 0.717) is 19.6 Å². The van der Waals surface area contributed by atoms with Crippen molar-refractivity contribution in [1.29, 1.82) is 0 Å². The second kappa shape index (κ2) is 11.8. The maximum atomic E-state index is 12.0. The fourth-order valence-corrected chi connectivity index (χ4v) is 2.66. The molecule has 1 heterocycles. The summed E-state index contributed by atoms with van der Waals surface area (Å²) in [4.78, 5) is 27.7. The van der Waals surface area contributed by atoms with Crippen molar-refractivity contribution in [2.24, 2.45) is 4.99 Å². The van der Waals surface area contributed by atoms with E-state index in [0.717, 1.165) is 23.0 Å². The molecule has 1 amide bonds. The van der Waals surface area contributed by atoms with Crippen LogP contribution < -0.4 is 5.32 Å². The molecule has 9 heteroatoms. The number of guanidine groups is 1. The van der Waals surface area contributed by atoms with Gasteiger partial charge in [0.25, 0.3) is 0 Å². The van der Waals surface area contributed by atoms with Gasteiger partial charge in [0.15, 0.2) is 5.96 Å². The highest BCUT2D eigenvalue weighted by Crippen LogP contribution is 2.16. The van der Waals surface area contributed by atoms with Crippen LogP contribution in [0.3, 0.4) is 0 Å². The van der Waals surface area contributed by atoms with Crippen LogP contribution in [0.5, 0.6) is 0 Å². The molecule has 0 aliphatic rings. The van der Waals surface area contributed by atoms with Gasteiger partial charge in [-0.3, -0.25) is 4.99 Å². The topological polar surface area (TPSA) is 85.8 Å². The standard InChI is InChI=1S/C21H32N6O2.HI/c1-21(2,3)29-20(28)26(5)13-12-23-19(22-4)27(6)15-18-24-14-17(25-18)16-10-8-7-9-11-16;/h7-11,14H,12-13,15H2,1-6H3,(H,22,23)(H,24,25);1H. The Morgan fingerprint density at radius 3 is 2.47 bits per heavy atom. The molecule has 8 nitrogen and oxygen atoms in total. The Bertz CT molecular complexity index is 816. The second-order valence-electron chi connectivity index (χ2n) is 7.84. The van der Waals surface area contributed by atoms with Crippen molar-refractivity contribution >= 4 is 36.0 Å². The number of H-pyrrole nitrogens is 1. The zero-order chi connectivity index (χ0) is 21.4. The number of aliphatic imine (C=N–C) groups is 1. The Labute approximate surface area is 196 Å². The number of benzene rings is 1. The van der Waals surface area contributed by atoms with Gasteiger partial charge in [0.05, 0.1) is 18.4 Å². The first-order valence-corrected chi connectivity index (χ1v) is 9.65. The first-order chi connectivity index (χ1) is 13.7. The highest BCUT2D eigenvalue weighted by molar-refractivity contribution is 14.0. The number of rotatable bonds is 6. The normalized spacial score (nSPS) is 11.5. The number of carbonyl (C=O) groups excluding carboxylic acids is 1. The lowest BCUT2D eigenvalue weighted by Crippen LogP contribution is -2.43. The summed E-state index contributed by atoms with van der Waals surface area (Å²) in [5, 5.41) is 3.26. The number of ether oxygens (including phenoxy) is 1. The maximum absolute atomic E-state index is 12.0. The Kier molecular flexibility index (Phi) is 10.1. The Morgan fingerprint density at radius 2 is 1.87 bits per heavy atom. The predicted molar refractivity (Wildman–Crippen MR) is 131 cm³/mol. The average Bonchev–Trinajstić information content (AvgIpc) is 3.12. The molecular weight excluding hydrogens is 495 g/mol. The van der Waals surface area contributed by atoms with Crippen LogP contribution in [0.15, 0.2) is 41.5 Å². The van der Waals surface area contributed by atoms with Gasteiger partial charge in [-0.2, -0.15) is 0 Å². The molecule has 0 radical (unpaired) electrons. The lowest BCUT2D eigenvalue weighted by molar-refractivity contribution is 0.0302. The van der Waals surface area contributed by atoms with Crippen LogP contribution in [0.25, 0.3) is 11.3 Å². The van der Waals surface area contributed by atoms with Crippen molar-refractivity contribution in [3.05, 3.63) is 42.4 Å². The molecule has 2 N–H and O–H groups in total. The summed E-state index contributed by atoms with van der Waals surface area (Å²) in [7, 11) is 5.39. The van der Waals surface area contributed by atoms with E-state index in [-0.39, 0.29) is 30.1 Å². The maximum Gasteiger partial charge on any atom is 0.410 e. The largest absolute Gasteiger partial charge is 0.444 e. The molecule has 1 aromatic heterocycles. The zero-order valence-corrected chi connectivity index (χ0v) is 20.9. The van der Waals surface area contributed by atoms with Crippen molar-refractivity contribution in [3.63, 3.8) is 0 Å². The Hall–Kier alpha value is -2.30. The van der Waals surface area contributed by atoms with E-state index >= 15 is 0 Å². The third-order valence-corrected chi connectivity index (χ3v) is 4.11. The number of likely N-dealkylation sites (N-methyl/N-ethyl adjacent to an activating group) is 1. The minimum absolute atomic E-state index is 0. The van der Waals surface area contributed by atoms with Gasteiger partial charge < -0.3 is 24.8 Å². The van der Waals surface area contributed by atoms with Crippen molar-refractivity contribution in [2.45, 2.75) is 32.9 Å². The minimum atomic E-state index is -0.503. The van der Waals surface area contributed by atoms with Crippen LogP contribution in [0.4, 0.5) is 4.79 Å². The first-order valence-electron chi connectivity index (χ1n) is 9.65. The summed E-state index contributed by atoms with van der Waals surface area (Å²) < 4.78 is 5.35. The molecular formula is C21H33IN6O2. The number of nitrogens with zero attached hydrogens (tertiary/aromatic N) is 4. The SMILES string of the molecule is CN=C(NCCN(C)C(=O)OC(C)(C)C)N(C)Cc1ncc(-c2ccccc2)[nH]1.I. The van der Waals surface area contributed by atoms with Crippen LogP contribution >= 0.6 is 24.0 Å². The molecule has 0 aliphatic heterocycles. The van der Waals surface area contributed by atoms with Crippen molar-refractivity contribution in [1.82, 2.24) is 25.1 Å². The van der Waals surface area contributed by atoms with E-state index in [1.165, 1.54) is 0 Å². The van der Waals surface area contributed by atoms with Crippen LogP contribution in [-0.2, 0) is 11.3 Å². The summed E-state index contributed by atoms with van der Waals surface area (Å²) in [5.74, 6) is 1.57. The van der Waals surface area contributed by atoms with E-state index in [2.05, 4.69) is 20.3 Å². The van der Waals surface area contributed by atoms with Crippen LogP contribution in [0, 0.1) is 0 Å². The van der Waals surface area contributed by atoms with E-state index in [4.69, 9.17) is 4.74 Å². The van der Waals surface area contributed by atoms with Crippen LogP contribution in [-0.4, -0.2) is 71.7 Å². The summed E-state index contributed by atoms with van der Waals surface area (Å²) in [6.07, 6.45) is 1.50. The number of halogens is 1. The molecule has 2 aromatic rings. The molecule has 1 aromatic carbocycles. The van der Waals surface area contributed by atoms with Gasteiger partial charge in [0.1, 0.15) is 11.4 Å². The quantitative estimate of drug-likeness (QED) is 0.340. The molecule has 166 valence electrons. The summed E-state index contributed by atoms with van der Waals surface area (Å²) in [5.41, 5.74) is 1.58. The van der Waals surface area contributed by atoms with Crippen LogP contribution in [0.2, 0.25) is 0 Å². The molecule has 0 spiro atoms. The van der Waals surface area contributed by atoms with E-state index in [1.807, 2.05) is 69.2 Å². The number of hydrogen-bond donors (Lipinski definition) is 2. The molecule has 0 fully saturated rings. The summed E-state index contributed by atoms with van der Waals surface area (Å²) >= 11 is 0. The molecule has 0 saturated carbocycles. The third kappa shape index (κ3) is 8.21. The molecule has 0 unspecified atom stereocenters. The van der Waals surface area contributed by atoms with E-state index in [1.54, 1.807) is 19.0 Å². The van der Waals surface area contributed by atoms with Gasteiger partial charge in [-0.25, -0.2) is 9.78 Å². The molecule has 0 bridgehead atoms. The van der Waals surface area contributed by atoms with Gasteiger partial charge in [-0.1, -0.05) is 30.3 Å². The van der Waals surface area contributed by atoms with Gasteiger partial charge >= 0.3 is 6.09 Å². The molecule has 0 aliphatic carbocycles. The highest BCUT2D eigenvalue weighted by atomic mass is 127. The fourth-order valence-electron chi connectivity index (χ4n) is 2.66. The number of aromatic amines is 1. The van der Waals surface area contributed by atoms with Crippen LogP contribution in [0.1, 0.15) is 26.6 Å². The van der Waals surface area contributed by atoms with Gasteiger partial charge in [0, 0.05) is 34.2 Å². The third-order valence-electron chi connectivity index (χ3n) is 4.11. The molecule has 2 rings (SSSR count). The number of aromatic nitrogens is 2. The van der Waals surface area contributed by atoms with E-state index in [9.17, 15) is 4.79 Å². The lowest BCUT2D eigenvalue weighted by Gasteiger charge is -2.26. The number of carbonyl (C=O) groups is 1. The van der Waals surface area contributed by atoms with Crippen molar-refractivity contribution in [3.8, 4) is 11.3 Å². The van der Waals surface area contributed by atoms with Gasteiger partial charge in [0.2, 0.25) is 0 Å². The average molecular weight is 528 g/mol. The molecule has 0 saturated heterocycles. The minimum Gasteiger partial charge on any atom is -0.444 e. The molecule has 0 atom stereocenters. The first kappa shape index (κ1) is 25.7. The number of nitrogens with one attached hydrogen (secondary N) is 2. The Morgan fingerprint density at radius 1 is 1.20 bits per heavy atom. The fraction of sp³-hybridized carbons (Fsp3) is 0.476. The monoisotopic (exact) mass is 528 g/mol. The van der Waals surface area contributed by atoms with E-state index < -0.39 is 5.60 Å². The number of imidazole rings is 1. The summed E-state index contributed by atoms with van der Waals surface area (Å²) in [6.45, 7) is 7.19. The summed E-state index contributed by atoms with van der Waals surface area (Å²) in [6, 6.07) is 10.1. The van der Waals surface area contributed by atoms with Gasteiger partial charge in [-0.05, 0) is 26.3 Å². The molecule has 30 heavy (non-hydrogen) atoms. The lowest BCUT2D eigenvalue weighted by atomic mass is 10.2. The number of hydrogen-bond acceptors (Lipinski definition) is 4. The predicted octanol–water partition coefficient (Wildman–Crippen LogP) is 3.57. The highest BCUT2D eigenvalue weighted by Gasteiger charge is 2.19. The van der Waals surface area contributed by atoms with Crippen molar-refractivity contribution < 1.29 is 9.53 Å². The second-order valence-corrected chi connectivity index (χ2v) is 7.84. The van der Waals surface area contributed by atoms with Crippen molar-refractivity contribution in [2.75, 3.05) is 34.2 Å². The van der Waals surface area contributed by atoms with Gasteiger partial charge in [-0.15, -0.1) is 24.0 Å². The number of amides is 1. The zero-order valence-electron chi connectivity index (χ0n) is 18.6.